The molecule has 1 amide bonds. The standard InChI is InChI=1S/C24H19Cl3N2O3/c1-14-3-7-17(8-4-14)31-13-21-23(32-18-9-5-15(2)6-10-18)24(30)29(28-21)22-19(26)11-16(25)12-20(22)27/h3-12,23H,13H2,1-2H3. The predicted octanol–water partition coefficient (Wildman–Crippen LogP) is 6.49. The van der Waals surface area contributed by atoms with E-state index in [1.807, 2.05) is 50.2 Å². The summed E-state index contributed by atoms with van der Waals surface area (Å²) >= 11 is 18.7. The smallest absolute Gasteiger partial charge is 0.294 e. The summed E-state index contributed by atoms with van der Waals surface area (Å²) in [6, 6.07) is 18.0. The highest BCUT2D eigenvalue weighted by Crippen LogP contribution is 2.39. The molecule has 5 nitrogen and oxygen atoms in total. The minimum atomic E-state index is -0.994. The maximum Gasteiger partial charge on any atom is 0.294 e. The van der Waals surface area contributed by atoms with E-state index in [4.69, 9.17) is 44.3 Å². The van der Waals surface area contributed by atoms with Crippen molar-refractivity contribution in [1.29, 1.82) is 0 Å². The topological polar surface area (TPSA) is 51.1 Å². The van der Waals surface area contributed by atoms with Crippen LogP contribution in [0.5, 0.6) is 11.5 Å². The maximum atomic E-state index is 13.3. The van der Waals surface area contributed by atoms with Crippen LogP contribution in [-0.4, -0.2) is 24.3 Å². The Hall–Kier alpha value is -2.73. The Morgan fingerprint density at radius 2 is 1.41 bits per heavy atom. The number of carbonyl (C=O) groups is 1. The third-order valence-corrected chi connectivity index (χ3v) is 5.63. The number of carbonyl (C=O) groups excluding carboxylic acids is 1. The molecule has 1 atom stereocenters. The number of nitrogens with zero attached hydrogens (tertiary/aromatic N) is 2. The van der Waals surface area contributed by atoms with Gasteiger partial charge >= 0.3 is 0 Å². The summed E-state index contributed by atoms with van der Waals surface area (Å²) in [4.78, 5) is 13.3. The lowest BCUT2D eigenvalue weighted by atomic mass is 10.2. The quantitative estimate of drug-likeness (QED) is 0.397. The highest BCUT2D eigenvalue weighted by atomic mass is 35.5. The van der Waals surface area contributed by atoms with Crippen molar-refractivity contribution in [3.05, 3.63) is 86.9 Å². The van der Waals surface area contributed by atoms with E-state index in [9.17, 15) is 4.79 Å². The zero-order valence-electron chi connectivity index (χ0n) is 17.3. The van der Waals surface area contributed by atoms with Crippen LogP contribution in [0.4, 0.5) is 5.69 Å². The first-order valence-electron chi connectivity index (χ1n) is 9.80. The second-order valence-corrected chi connectivity index (χ2v) is 8.62. The lowest BCUT2D eigenvalue weighted by Crippen LogP contribution is -2.38. The molecule has 0 saturated heterocycles. The molecule has 0 N–H and O–H groups in total. The number of anilines is 1. The Balaban J connectivity index is 1.65. The van der Waals surface area contributed by atoms with Crippen LogP contribution >= 0.6 is 34.8 Å². The van der Waals surface area contributed by atoms with Gasteiger partial charge in [0.05, 0.1) is 10.0 Å². The van der Waals surface area contributed by atoms with Crippen LogP contribution in [0.15, 0.2) is 65.8 Å². The van der Waals surface area contributed by atoms with Gasteiger partial charge in [0.15, 0.2) is 0 Å². The fourth-order valence-electron chi connectivity index (χ4n) is 3.15. The van der Waals surface area contributed by atoms with E-state index in [1.165, 1.54) is 12.1 Å². The maximum absolute atomic E-state index is 13.3. The van der Waals surface area contributed by atoms with E-state index in [0.29, 0.717) is 22.2 Å². The molecule has 1 aliphatic heterocycles. The Morgan fingerprint density at radius 1 is 0.875 bits per heavy atom. The van der Waals surface area contributed by atoms with Crippen molar-refractivity contribution in [1.82, 2.24) is 0 Å². The first kappa shape index (κ1) is 22.5. The lowest BCUT2D eigenvalue weighted by molar-refractivity contribution is -0.121. The lowest BCUT2D eigenvalue weighted by Gasteiger charge is -2.18. The van der Waals surface area contributed by atoms with Gasteiger partial charge in [0.1, 0.15) is 29.5 Å². The fraction of sp³-hybridized carbons (Fsp3) is 0.167. The second-order valence-electron chi connectivity index (χ2n) is 7.37. The SMILES string of the molecule is Cc1ccc(OCC2=NN(c3c(Cl)cc(Cl)cc3Cl)C(=O)C2Oc2ccc(C)cc2)cc1. The molecule has 0 fully saturated rings. The van der Waals surface area contributed by atoms with E-state index in [0.717, 1.165) is 16.1 Å². The molecule has 1 heterocycles. The van der Waals surface area contributed by atoms with E-state index >= 15 is 0 Å². The van der Waals surface area contributed by atoms with E-state index in [-0.39, 0.29) is 22.3 Å². The molecule has 8 heteroatoms. The number of halogens is 3. The van der Waals surface area contributed by atoms with Crippen LogP contribution < -0.4 is 14.5 Å². The first-order valence-corrected chi connectivity index (χ1v) is 10.9. The van der Waals surface area contributed by atoms with Crippen LogP contribution in [0.2, 0.25) is 15.1 Å². The molecule has 0 aromatic heterocycles. The zero-order valence-corrected chi connectivity index (χ0v) is 19.6. The van der Waals surface area contributed by atoms with Gasteiger partial charge in [-0.2, -0.15) is 10.1 Å². The van der Waals surface area contributed by atoms with Crippen molar-refractivity contribution >= 4 is 52.1 Å². The van der Waals surface area contributed by atoms with Gasteiger partial charge in [-0.1, -0.05) is 70.2 Å². The Kier molecular flexibility index (Phi) is 6.60. The Bertz CT molecular complexity index is 1160. The second kappa shape index (κ2) is 9.41. The normalized spacial score (nSPS) is 15.7. The van der Waals surface area contributed by atoms with Gasteiger partial charge in [-0.3, -0.25) is 4.79 Å². The number of ether oxygens (including phenoxy) is 2. The highest BCUT2D eigenvalue weighted by molar-refractivity contribution is 6.42. The summed E-state index contributed by atoms with van der Waals surface area (Å²) in [5.41, 5.74) is 2.82. The van der Waals surface area contributed by atoms with Crippen molar-refractivity contribution in [3.63, 3.8) is 0 Å². The summed E-state index contributed by atoms with van der Waals surface area (Å²) in [6.07, 6.45) is -0.994. The van der Waals surface area contributed by atoms with Crippen molar-refractivity contribution in [2.24, 2.45) is 5.10 Å². The van der Waals surface area contributed by atoms with Crippen molar-refractivity contribution < 1.29 is 14.3 Å². The molecule has 0 bridgehead atoms. The van der Waals surface area contributed by atoms with Gasteiger partial charge in [0, 0.05) is 5.02 Å². The first-order chi connectivity index (χ1) is 15.3. The number of hydrogen-bond acceptors (Lipinski definition) is 4. The molecule has 3 aromatic carbocycles. The number of benzene rings is 3. The molecule has 164 valence electrons. The molecular formula is C24H19Cl3N2O3. The molecule has 0 spiro atoms. The molecule has 32 heavy (non-hydrogen) atoms. The predicted molar refractivity (Wildman–Crippen MR) is 129 cm³/mol. The van der Waals surface area contributed by atoms with Gasteiger partial charge in [-0.15, -0.1) is 0 Å². The summed E-state index contributed by atoms with van der Waals surface area (Å²) in [5.74, 6) is 0.757. The van der Waals surface area contributed by atoms with E-state index < -0.39 is 12.0 Å². The Labute approximate surface area is 201 Å². The minimum absolute atomic E-state index is 0.0463. The van der Waals surface area contributed by atoms with E-state index in [2.05, 4.69) is 5.10 Å². The number of hydrazone groups is 1. The summed E-state index contributed by atoms with van der Waals surface area (Å²) < 4.78 is 11.9. The number of rotatable bonds is 6. The fourth-order valence-corrected chi connectivity index (χ4v) is 4.13. The number of amides is 1. The summed E-state index contributed by atoms with van der Waals surface area (Å²) in [6.45, 7) is 4.01. The van der Waals surface area contributed by atoms with Crippen LogP contribution in [-0.2, 0) is 4.79 Å². The largest absolute Gasteiger partial charge is 0.487 e. The summed E-state index contributed by atoms with van der Waals surface area (Å²) in [7, 11) is 0. The monoisotopic (exact) mass is 488 g/mol. The van der Waals surface area contributed by atoms with Gasteiger partial charge in [-0.05, 0) is 50.2 Å². The number of aryl methyl sites for hydroxylation is 2. The van der Waals surface area contributed by atoms with Crippen molar-refractivity contribution in [3.8, 4) is 11.5 Å². The molecule has 1 unspecified atom stereocenters. The van der Waals surface area contributed by atoms with Crippen LogP contribution in [0.3, 0.4) is 0 Å². The van der Waals surface area contributed by atoms with Gasteiger partial charge < -0.3 is 9.47 Å². The van der Waals surface area contributed by atoms with E-state index in [1.54, 1.807) is 12.1 Å². The molecule has 0 aliphatic carbocycles. The molecule has 4 rings (SSSR count). The van der Waals surface area contributed by atoms with Crippen LogP contribution in [0.25, 0.3) is 0 Å². The summed E-state index contributed by atoms with van der Waals surface area (Å²) in [5, 5.41) is 6.37. The molecule has 0 radical (unpaired) electrons. The van der Waals surface area contributed by atoms with Crippen molar-refractivity contribution in [2.75, 3.05) is 11.6 Å². The molecular weight excluding hydrogens is 471 g/mol. The average molecular weight is 490 g/mol. The van der Waals surface area contributed by atoms with Crippen LogP contribution in [0.1, 0.15) is 11.1 Å². The van der Waals surface area contributed by atoms with Crippen molar-refractivity contribution in [2.45, 2.75) is 20.0 Å². The average Bonchev–Trinajstić information content (AvgIpc) is 3.04. The number of hydrogen-bond donors (Lipinski definition) is 0. The third kappa shape index (κ3) is 4.85. The zero-order chi connectivity index (χ0) is 22.8. The van der Waals surface area contributed by atoms with Crippen LogP contribution in [0, 0.1) is 13.8 Å². The Morgan fingerprint density at radius 3 is 1.97 bits per heavy atom. The van der Waals surface area contributed by atoms with Gasteiger partial charge in [0.2, 0.25) is 6.10 Å². The highest BCUT2D eigenvalue weighted by Gasteiger charge is 2.40. The third-order valence-electron chi connectivity index (χ3n) is 4.84. The van der Waals surface area contributed by atoms with Gasteiger partial charge in [-0.25, -0.2) is 0 Å². The molecule has 0 saturated carbocycles. The molecule has 3 aromatic rings. The van der Waals surface area contributed by atoms with Gasteiger partial charge in [0.25, 0.3) is 5.91 Å². The molecule has 1 aliphatic rings. The minimum Gasteiger partial charge on any atom is -0.487 e.